The van der Waals surface area contributed by atoms with E-state index in [4.69, 9.17) is 0 Å². The Morgan fingerprint density at radius 3 is 2.16 bits per heavy atom. The summed E-state index contributed by atoms with van der Waals surface area (Å²) in [4.78, 5) is 0. The highest BCUT2D eigenvalue weighted by Gasteiger charge is 2.13. The first-order valence-electron chi connectivity index (χ1n) is 7.01. The second-order valence-electron chi connectivity index (χ2n) is 5.43. The molecule has 1 heteroatoms. The minimum atomic E-state index is 0.315. The van der Waals surface area contributed by atoms with Gasteiger partial charge in [0.2, 0.25) is 0 Å². The maximum atomic E-state index is 9.53. The van der Waals surface area contributed by atoms with Crippen LogP contribution in [0.4, 0.5) is 0 Å². The topological polar surface area (TPSA) is 20.2 Å². The minimum absolute atomic E-state index is 0.315. The van der Waals surface area contributed by atoms with Crippen LogP contribution in [0.25, 0.3) is 11.1 Å². The second-order valence-corrected chi connectivity index (χ2v) is 5.43. The Hall–Kier alpha value is -1.76. The first-order valence-corrected chi connectivity index (χ1v) is 7.01. The highest BCUT2D eigenvalue weighted by atomic mass is 16.3. The highest BCUT2D eigenvalue weighted by Crippen LogP contribution is 2.30. The molecule has 0 aliphatic heterocycles. The van der Waals surface area contributed by atoms with Crippen LogP contribution in [-0.2, 0) is 0 Å². The fraction of sp³-hybridized carbons (Fsp3) is 0.333. The van der Waals surface area contributed by atoms with E-state index in [0.29, 0.717) is 17.6 Å². The molecule has 0 aliphatic rings. The van der Waals surface area contributed by atoms with E-state index in [1.807, 2.05) is 12.1 Å². The average molecular weight is 254 g/mol. The molecule has 2 aromatic rings. The number of aromatic hydroxyl groups is 1. The van der Waals surface area contributed by atoms with Gasteiger partial charge in [-0.15, -0.1) is 0 Å². The van der Waals surface area contributed by atoms with Gasteiger partial charge in [0.1, 0.15) is 5.75 Å². The van der Waals surface area contributed by atoms with Crippen LogP contribution in [-0.4, -0.2) is 5.11 Å². The predicted octanol–water partition coefficient (Wildman–Crippen LogP) is 5.21. The van der Waals surface area contributed by atoms with E-state index in [2.05, 4.69) is 45.0 Å². The van der Waals surface area contributed by atoms with Crippen molar-refractivity contribution < 1.29 is 5.11 Å². The molecular weight excluding hydrogens is 232 g/mol. The molecule has 0 amide bonds. The molecule has 0 saturated heterocycles. The number of hydrogen-bond acceptors (Lipinski definition) is 1. The van der Waals surface area contributed by atoms with Gasteiger partial charge in [0.25, 0.3) is 0 Å². The summed E-state index contributed by atoms with van der Waals surface area (Å²) in [5.41, 5.74) is 3.61. The summed E-state index contributed by atoms with van der Waals surface area (Å²) >= 11 is 0. The molecule has 0 heterocycles. The fourth-order valence-corrected chi connectivity index (χ4v) is 2.70. The molecule has 2 aromatic carbocycles. The molecule has 19 heavy (non-hydrogen) atoms. The Labute approximate surface area is 115 Å². The van der Waals surface area contributed by atoms with Crippen molar-refractivity contribution in [1.82, 2.24) is 0 Å². The van der Waals surface area contributed by atoms with Crippen LogP contribution in [0.2, 0.25) is 0 Å². The minimum Gasteiger partial charge on any atom is -0.508 e. The van der Waals surface area contributed by atoms with Crippen molar-refractivity contribution in [3.63, 3.8) is 0 Å². The maximum absolute atomic E-state index is 9.53. The first-order chi connectivity index (χ1) is 9.11. The molecule has 1 atom stereocenters. The lowest BCUT2D eigenvalue weighted by Crippen LogP contribution is -2.05. The summed E-state index contributed by atoms with van der Waals surface area (Å²) in [7, 11) is 0. The van der Waals surface area contributed by atoms with Gasteiger partial charge in [-0.05, 0) is 47.1 Å². The highest BCUT2D eigenvalue weighted by molar-refractivity contribution is 5.65. The number of benzene rings is 2. The van der Waals surface area contributed by atoms with Gasteiger partial charge in [0, 0.05) is 0 Å². The smallest absolute Gasteiger partial charge is 0.116 e. The van der Waals surface area contributed by atoms with Gasteiger partial charge in [-0.1, -0.05) is 57.2 Å². The van der Waals surface area contributed by atoms with Crippen LogP contribution in [0.15, 0.2) is 48.5 Å². The molecule has 2 rings (SSSR count). The summed E-state index contributed by atoms with van der Waals surface area (Å²) in [5.74, 6) is 1.60. The van der Waals surface area contributed by atoms with E-state index in [1.165, 1.54) is 12.0 Å². The normalized spacial score (nSPS) is 12.6. The Balaban J connectivity index is 2.28. The van der Waals surface area contributed by atoms with Crippen molar-refractivity contribution in [2.45, 2.75) is 33.1 Å². The van der Waals surface area contributed by atoms with E-state index in [0.717, 1.165) is 11.1 Å². The Bertz CT molecular complexity index is 526. The van der Waals surface area contributed by atoms with Gasteiger partial charge in [0.05, 0.1) is 0 Å². The molecule has 100 valence electrons. The molecule has 0 fully saturated rings. The predicted molar refractivity (Wildman–Crippen MR) is 81.4 cm³/mol. The van der Waals surface area contributed by atoms with E-state index in [-0.39, 0.29) is 0 Å². The lowest BCUT2D eigenvalue weighted by Gasteiger charge is -2.19. The largest absolute Gasteiger partial charge is 0.508 e. The third kappa shape index (κ3) is 3.17. The molecule has 0 spiro atoms. The molecular formula is C18H22O. The second kappa shape index (κ2) is 5.92. The van der Waals surface area contributed by atoms with Crippen LogP contribution >= 0.6 is 0 Å². The number of hydrogen-bond donors (Lipinski definition) is 1. The Morgan fingerprint density at radius 2 is 1.63 bits per heavy atom. The van der Waals surface area contributed by atoms with Crippen LogP contribution in [0, 0.1) is 5.92 Å². The Morgan fingerprint density at radius 1 is 0.947 bits per heavy atom. The first kappa shape index (κ1) is 13.7. The van der Waals surface area contributed by atoms with Gasteiger partial charge in [-0.25, -0.2) is 0 Å². The monoisotopic (exact) mass is 254 g/mol. The molecule has 0 radical (unpaired) electrons. The van der Waals surface area contributed by atoms with E-state index in [9.17, 15) is 5.11 Å². The zero-order valence-electron chi connectivity index (χ0n) is 11.9. The van der Waals surface area contributed by atoms with Gasteiger partial charge < -0.3 is 5.11 Å². The molecule has 1 unspecified atom stereocenters. The van der Waals surface area contributed by atoms with Crippen molar-refractivity contribution in [3.8, 4) is 16.9 Å². The maximum Gasteiger partial charge on any atom is 0.116 e. The van der Waals surface area contributed by atoms with Crippen molar-refractivity contribution in [1.29, 1.82) is 0 Å². The van der Waals surface area contributed by atoms with Crippen molar-refractivity contribution in [3.05, 3.63) is 54.1 Å². The van der Waals surface area contributed by atoms with Gasteiger partial charge in [-0.2, -0.15) is 0 Å². The third-order valence-electron chi connectivity index (χ3n) is 3.76. The van der Waals surface area contributed by atoms with E-state index < -0.39 is 0 Å². The van der Waals surface area contributed by atoms with Gasteiger partial charge >= 0.3 is 0 Å². The number of phenols is 1. The molecule has 1 N–H and O–H groups in total. The van der Waals surface area contributed by atoms with Crippen molar-refractivity contribution in [2.75, 3.05) is 0 Å². The Kier molecular flexibility index (Phi) is 4.26. The van der Waals surface area contributed by atoms with Crippen LogP contribution in [0.5, 0.6) is 5.75 Å². The molecule has 0 aliphatic carbocycles. The van der Waals surface area contributed by atoms with Crippen molar-refractivity contribution in [2.24, 2.45) is 5.92 Å². The van der Waals surface area contributed by atoms with Crippen LogP contribution in [0.3, 0.4) is 0 Å². The standard InChI is InChI=1S/C18H22O/c1-4-18(13(2)3)15-10-8-14(9-11-15)16-6-5-7-17(19)12-16/h5-13,18-19H,4H2,1-3H3. The van der Waals surface area contributed by atoms with E-state index >= 15 is 0 Å². The van der Waals surface area contributed by atoms with E-state index in [1.54, 1.807) is 12.1 Å². The quantitative estimate of drug-likeness (QED) is 0.794. The summed E-state index contributed by atoms with van der Waals surface area (Å²) in [5, 5.41) is 9.53. The summed E-state index contributed by atoms with van der Waals surface area (Å²) in [6, 6.07) is 16.1. The summed E-state index contributed by atoms with van der Waals surface area (Å²) in [6.45, 7) is 6.79. The van der Waals surface area contributed by atoms with Crippen LogP contribution < -0.4 is 0 Å². The lowest BCUT2D eigenvalue weighted by molar-refractivity contribution is 0.475. The number of rotatable bonds is 4. The van der Waals surface area contributed by atoms with Gasteiger partial charge in [-0.3, -0.25) is 0 Å². The molecule has 0 saturated carbocycles. The molecule has 0 aromatic heterocycles. The molecule has 1 nitrogen and oxygen atoms in total. The molecule has 0 bridgehead atoms. The zero-order valence-corrected chi connectivity index (χ0v) is 11.9. The SMILES string of the molecule is CCC(c1ccc(-c2cccc(O)c2)cc1)C(C)C. The van der Waals surface area contributed by atoms with Crippen LogP contribution in [0.1, 0.15) is 38.7 Å². The zero-order chi connectivity index (χ0) is 13.8. The van der Waals surface area contributed by atoms with Crippen molar-refractivity contribution >= 4 is 0 Å². The fourth-order valence-electron chi connectivity index (χ4n) is 2.70. The average Bonchev–Trinajstić information content (AvgIpc) is 2.40. The summed E-state index contributed by atoms with van der Waals surface area (Å²) < 4.78 is 0. The third-order valence-corrected chi connectivity index (χ3v) is 3.76. The number of phenolic OH excluding ortho intramolecular Hbond substituents is 1. The summed E-state index contributed by atoms with van der Waals surface area (Å²) in [6.07, 6.45) is 1.17. The lowest BCUT2D eigenvalue weighted by atomic mass is 9.86. The van der Waals surface area contributed by atoms with Gasteiger partial charge in [0.15, 0.2) is 0 Å².